The minimum absolute atomic E-state index is 0.0118. The molecule has 3 nitrogen and oxygen atoms in total. The maximum Gasteiger partial charge on any atom is 0.214 e. The molecule has 3 heteroatoms. The zero-order valence-electron chi connectivity index (χ0n) is 7.92. The van der Waals surface area contributed by atoms with Crippen molar-refractivity contribution in [3.05, 3.63) is 11.8 Å². The molecule has 0 aromatic carbocycles. The van der Waals surface area contributed by atoms with Crippen LogP contribution in [0.2, 0.25) is 0 Å². The second kappa shape index (κ2) is 3.17. The Kier molecular flexibility index (Phi) is 2.40. The molecule has 0 aliphatic carbocycles. The van der Waals surface area contributed by atoms with Crippen LogP contribution < -0.4 is 5.73 Å². The first-order valence-corrected chi connectivity index (χ1v) is 4.15. The van der Waals surface area contributed by atoms with Crippen LogP contribution in [0.1, 0.15) is 20.8 Å². The first-order valence-electron chi connectivity index (χ1n) is 4.15. The quantitative estimate of drug-likeness (QED) is 0.641. The van der Waals surface area contributed by atoms with Crippen LogP contribution in [0, 0.1) is 5.41 Å². The van der Waals surface area contributed by atoms with Crippen molar-refractivity contribution in [2.24, 2.45) is 16.1 Å². The van der Waals surface area contributed by atoms with Crippen molar-refractivity contribution >= 4 is 5.90 Å². The van der Waals surface area contributed by atoms with E-state index in [1.54, 1.807) is 6.20 Å². The summed E-state index contributed by atoms with van der Waals surface area (Å²) in [6.07, 6.45) is 1.59. The predicted octanol–water partition coefficient (Wildman–Crippen LogP) is 1.30. The summed E-state index contributed by atoms with van der Waals surface area (Å²) in [6, 6.07) is 0. The van der Waals surface area contributed by atoms with E-state index in [-0.39, 0.29) is 5.41 Å². The number of aliphatic imine (C=N–C) groups is 1. The van der Waals surface area contributed by atoms with Crippen molar-refractivity contribution in [2.75, 3.05) is 13.2 Å². The van der Waals surface area contributed by atoms with E-state index >= 15 is 0 Å². The molecule has 0 aromatic rings. The molecule has 2 N–H and O–H groups in total. The summed E-state index contributed by atoms with van der Waals surface area (Å²) in [4.78, 5) is 4.22. The van der Waals surface area contributed by atoms with E-state index in [0.29, 0.717) is 12.5 Å². The largest absolute Gasteiger partial charge is 0.476 e. The summed E-state index contributed by atoms with van der Waals surface area (Å²) in [5.41, 5.74) is 6.51. The zero-order valence-corrected chi connectivity index (χ0v) is 7.92. The minimum atomic E-state index is 0.0118. The van der Waals surface area contributed by atoms with E-state index in [0.717, 1.165) is 12.1 Å². The number of ether oxygens (including phenoxy) is 1. The van der Waals surface area contributed by atoms with Crippen LogP contribution in [0.4, 0.5) is 0 Å². The van der Waals surface area contributed by atoms with Crippen molar-refractivity contribution in [1.82, 2.24) is 0 Å². The highest BCUT2D eigenvalue weighted by atomic mass is 16.5. The third-order valence-corrected chi connectivity index (χ3v) is 1.79. The molecule has 1 rings (SSSR count). The number of nitrogens with two attached hydrogens (primary N) is 1. The summed E-state index contributed by atoms with van der Waals surface area (Å²) in [5, 5.41) is 0. The molecule has 68 valence electrons. The fourth-order valence-electron chi connectivity index (χ4n) is 1.14. The topological polar surface area (TPSA) is 47.6 Å². The highest BCUT2D eigenvalue weighted by Crippen LogP contribution is 2.26. The van der Waals surface area contributed by atoms with Gasteiger partial charge >= 0.3 is 0 Å². The molecule has 0 saturated heterocycles. The lowest BCUT2D eigenvalue weighted by Crippen LogP contribution is -2.19. The highest BCUT2D eigenvalue weighted by Gasteiger charge is 2.24. The van der Waals surface area contributed by atoms with E-state index in [1.165, 1.54) is 0 Å². The molecule has 0 unspecified atom stereocenters. The average Bonchev–Trinajstić information content (AvgIpc) is 2.38. The van der Waals surface area contributed by atoms with Crippen LogP contribution in [-0.4, -0.2) is 19.0 Å². The van der Waals surface area contributed by atoms with Crippen molar-refractivity contribution < 1.29 is 4.74 Å². The van der Waals surface area contributed by atoms with Gasteiger partial charge in [-0.1, -0.05) is 20.8 Å². The average molecular weight is 168 g/mol. The number of hydrogen-bond acceptors (Lipinski definition) is 3. The summed E-state index contributed by atoms with van der Waals surface area (Å²) in [7, 11) is 0. The number of rotatable bonds is 1. The molecule has 0 amide bonds. The van der Waals surface area contributed by atoms with Gasteiger partial charge in [-0.15, -0.1) is 0 Å². The lowest BCUT2D eigenvalue weighted by atomic mass is 9.87. The van der Waals surface area contributed by atoms with Gasteiger partial charge in [0.15, 0.2) is 0 Å². The van der Waals surface area contributed by atoms with Gasteiger partial charge in [0.25, 0.3) is 0 Å². The monoisotopic (exact) mass is 168 g/mol. The van der Waals surface area contributed by atoms with Crippen LogP contribution in [0.5, 0.6) is 0 Å². The van der Waals surface area contributed by atoms with Crippen molar-refractivity contribution in [1.29, 1.82) is 0 Å². The van der Waals surface area contributed by atoms with E-state index in [4.69, 9.17) is 10.5 Å². The molecule has 0 radical (unpaired) electrons. The molecule has 0 bridgehead atoms. The number of hydrogen-bond donors (Lipinski definition) is 1. The second-order valence-corrected chi connectivity index (χ2v) is 3.87. The molecular weight excluding hydrogens is 152 g/mol. The van der Waals surface area contributed by atoms with Gasteiger partial charge in [-0.25, -0.2) is 4.99 Å². The van der Waals surface area contributed by atoms with Crippen LogP contribution in [0.3, 0.4) is 0 Å². The van der Waals surface area contributed by atoms with Crippen molar-refractivity contribution in [3.63, 3.8) is 0 Å². The molecule has 0 saturated carbocycles. The second-order valence-electron chi connectivity index (χ2n) is 3.87. The standard InChI is InChI=1S/C9H16N2O/c1-9(2,3)7(6-10)8-11-4-5-12-8/h6H,4-5,10H2,1-3H3/b7-6+. The molecule has 0 fully saturated rings. The minimum Gasteiger partial charge on any atom is -0.476 e. The number of nitrogens with zero attached hydrogens (tertiary/aromatic N) is 1. The smallest absolute Gasteiger partial charge is 0.214 e. The van der Waals surface area contributed by atoms with E-state index in [9.17, 15) is 0 Å². The van der Waals surface area contributed by atoms with Gasteiger partial charge in [0.05, 0.1) is 6.54 Å². The van der Waals surface area contributed by atoms with Crippen LogP contribution in [-0.2, 0) is 4.74 Å². The molecule has 1 heterocycles. The Balaban J connectivity index is 2.83. The fourth-order valence-corrected chi connectivity index (χ4v) is 1.14. The SMILES string of the molecule is CC(C)(C)/C(=C/N)C1=NCCO1. The van der Waals surface area contributed by atoms with Gasteiger partial charge < -0.3 is 10.5 Å². The maximum absolute atomic E-state index is 5.52. The maximum atomic E-state index is 5.52. The molecular formula is C9H16N2O. The van der Waals surface area contributed by atoms with Crippen LogP contribution >= 0.6 is 0 Å². The first kappa shape index (κ1) is 9.10. The Bertz CT molecular complexity index is 223. The van der Waals surface area contributed by atoms with Crippen LogP contribution in [0.25, 0.3) is 0 Å². The Labute approximate surface area is 73.3 Å². The summed E-state index contributed by atoms with van der Waals surface area (Å²) >= 11 is 0. The van der Waals surface area contributed by atoms with E-state index in [2.05, 4.69) is 25.8 Å². The molecule has 0 atom stereocenters. The Morgan fingerprint density at radius 3 is 2.58 bits per heavy atom. The Morgan fingerprint density at radius 1 is 1.58 bits per heavy atom. The van der Waals surface area contributed by atoms with Gasteiger partial charge in [-0.3, -0.25) is 0 Å². The normalized spacial score (nSPS) is 18.9. The fraction of sp³-hybridized carbons (Fsp3) is 0.667. The van der Waals surface area contributed by atoms with Crippen LogP contribution in [0.15, 0.2) is 16.8 Å². The van der Waals surface area contributed by atoms with Crippen molar-refractivity contribution in [3.8, 4) is 0 Å². The van der Waals surface area contributed by atoms with E-state index in [1.807, 2.05) is 0 Å². The Hall–Kier alpha value is -0.990. The van der Waals surface area contributed by atoms with E-state index < -0.39 is 0 Å². The molecule has 1 aliphatic rings. The van der Waals surface area contributed by atoms with Gasteiger partial charge in [-0.05, 0) is 5.41 Å². The third-order valence-electron chi connectivity index (χ3n) is 1.79. The van der Waals surface area contributed by atoms with Gasteiger partial charge in [-0.2, -0.15) is 0 Å². The highest BCUT2D eigenvalue weighted by molar-refractivity contribution is 5.95. The van der Waals surface area contributed by atoms with Gasteiger partial charge in [0, 0.05) is 11.8 Å². The molecule has 1 aliphatic heterocycles. The molecule has 0 spiro atoms. The predicted molar refractivity (Wildman–Crippen MR) is 50.0 cm³/mol. The lowest BCUT2D eigenvalue weighted by Gasteiger charge is -2.21. The van der Waals surface area contributed by atoms with Gasteiger partial charge in [0.1, 0.15) is 6.61 Å². The first-order chi connectivity index (χ1) is 5.55. The summed E-state index contributed by atoms with van der Waals surface area (Å²) < 4.78 is 5.33. The molecule has 12 heavy (non-hydrogen) atoms. The molecule has 0 aromatic heterocycles. The Morgan fingerprint density at radius 2 is 2.25 bits per heavy atom. The third kappa shape index (κ3) is 1.78. The van der Waals surface area contributed by atoms with Gasteiger partial charge in [0.2, 0.25) is 5.90 Å². The zero-order chi connectivity index (χ0) is 9.19. The summed E-state index contributed by atoms with van der Waals surface area (Å²) in [5.74, 6) is 0.713. The van der Waals surface area contributed by atoms with Crippen molar-refractivity contribution in [2.45, 2.75) is 20.8 Å². The lowest BCUT2D eigenvalue weighted by molar-refractivity contribution is 0.338. The summed E-state index contributed by atoms with van der Waals surface area (Å²) in [6.45, 7) is 7.72.